The van der Waals surface area contributed by atoms with Gasteiger partial charge in [-0.2, -0.15) is 0 Å². The van der Waals surface area contributed by atoms with Crippen molar-refractivity contribution in [1.82, 2.24) is 15.4 Å². The molecule has 4 fully saturated rings. The van der Waals surface area contributed by atoms with Crippen LogP contribution in [0.15, 0.2) is 16.9 Å². The number of nitrogens with one attached hydrogen (secondary N) is 1. The van der Waals surface area contributed by atoms with Crippen LogP contribution in [0, 0.1) is 30.6 Å². The average Bonchev–Trinajstić information content (AvgIpc) is 3.25. The van der Waals surface area contributed by atoms with Crippen LogP contribution >= 0.6 is 0 Å². The standard InChI is InChI=1S/C16H26N2O2.C4H5NO.C2H6/c1-10(2)6-15(19)18-5-3-4-14(18)16(20)17-9-13-11-7-12(13)8-11;1-4-2-3-6-5-4;1-2/h10-14H,3-9H2,1-2H3,(H,17,20);2-3H,1H3;1-2H3. The number of carbonyl (C=O) groups is 2. The molecule has 1 aromatic heterocycles. The van der Waals surface area contributed by atoms with Crippen molar-refractivity contribution in [2.24, 2.45) is 23.7 Å². The molecule has 3 aliphatic carbocycles. The summed E-state index contributed by atoms with van der Waals surface area (Å²) >= 11 is 0. The molecule has 2 amide bonds. The zero-order chi connectivity index (χ0) is 20.7. The molecule has 6 nitrogen and oxygen atoms in total. The number of amides is 2. The van der Waals surface area contributed by atoms with Gasteiger partial charge in [0.1, 0.15) is 12.3 Å². The fourth-order valence-corrected chi connectivity index (χ4v) is 4.15. The minimum Gasteiger partial charge on any atom is -0.365 e. The highest BCUT2D eigenvalue weighted by Gasteiger charge is 2.52. The van der Waals surface area contributed by atoms with Crippen molar-refractivity contribution in [3.8, 4) is 0 Å². The Morgan fingerprint density at radius 1 is 1.29 bits per heavy atom. The van der Waals surface area contributed by atoms with Gasteiger partial charge in [0.2, 0.25) is 11.8 Å². The lowest BCUT2D eigenvalue weighted by atomic mass is 9.48. The minimum absolute atomic E-state index is 0.0749. The van der Waals surface area contributed by atoms with Crippen LogP contribution in [0.3, 0.4) is 0 Å². The Morgan fingerprint density at radius 2 is 1.96 bits per heavy atom. The highest BCUT2D eigenvalue weighted by atomic mass is 16.5. The normalized spacial score (nSPS) is 26.9. The fraction of sp³-hybridized carbons (Fsp3) is 0.773. The number of rotatable bonds is 5. The van der Waals surface area contributed by atoms with Gasteiger partial charge in [0.25, 0.3) is 0 Å². The molecule has 0 spiro atoms. The number of aromatic nitrogens is 1. The van der Waals surface area contributed by atoms with Gasteiger partial charge in [0.15, 0.2) is 0 Å². The minimum atomic E-state index is -0.211. The topological polar surface area (TPSA) is 75.4 Å². The summed E-state index contributed by atoms with van der Waals surface area (Å²) in [5.74, 6) is 3.06. The third-order valence-corrected chi connectivity index (χ3v) is 5.96. The van der Waals surface area contributed by atoms with Crippen LogP contribution in [-0.4, -0.2) is 41.0 Å². The lowest BCUT2D eigenvalue weighted by Gasteiger charge is -2.58. The van der Waals surface area contributed by atoms with E-state index in [2.05, 4.69) is 15.0 Å². The maximum absolute atomic E-state index is 12.3. The van der Waals surface area contributed by atoms with Crippen molar-refractivity contribution < 1.29 is 14.1 Å². The van der Waals surface area contributed by atoms with Crippen molar-refractivity contribution in [2.75, 3.05) is 13.1 Å². The summed E-state index contributed by atoms with van der Waals surface area (Å²) in [4.78, 5) is 26.3. The van der Waals surface area contributed by atoms with E-state index < -0.39 is 0 Å². The molecule has 1 aliphatic heterocycles. The largest absolute Gasteiger partial charge is 0.365 e. The first-order chi connectivity index (χ1) is 13.5. The van der Waals surface area contributed by atoms with Gasteiger partial charge in [-0.05, 0) is 56.3 Å². The number of nitrogens with zero attached hydrogens (tertiary/aromatic N) is 2. The first-order valence-electron chi connectivity index (χ1n) is 10.9. The number of hydrogen-bond donors (Lipinski definition) is 1. The molecule has 28 heavy (non-hydrogen) atoms. The van der Waals surface area contributed by atoms with Gasteiger partial charge in [-0.3, -0.25) is 9.59 Å². The molecule has 1 saturated heterocycles. The Labute approximate surface area is 169 Å². The Bertz CT molecular complexity index is 601. The van der Waals surface area contributed by atoms with E-state index in [1.54, 1.807) is 17.2 Å². The number of likely N-dealkylation sites (tertiary alicyclic amines) is 1. The maximum Gasteiger partial charge on any atom is 0.242 e. The van der Waals surface area contributed by atoms with Crippen LogP contribution in [-0.2, 0) is 9.59 Å². The zero-order valence-corrected chi connectivity index (χ0v) is 18.1. The van der Waals surface area contributed by atoms with E-state index in [1.807, 2.05) is 34.6 Å². The first-order valence-corrected chi connectivity index (χ1v) is 10.9. The number of aryl methyl sites for hydroxylation is 1. The third kappa shape index (κ3) is 5.58. The summed E-state index contributed by atoms with van der Waals surface area (Å²) in [6, 6.07) is 1.60. The van der Waals surface area contributed by atoms with E-state index in [9.17, 15) is 9.59 Å². The summed E-state index contributed by atoms with van der Waals surface area (Å²) in [6.45, 7) is 11.6. The van der Waals surface area contributed by atoms with Crippen LogP contribution < -0.4 is 5.32 Å². The van der Waals surface area contributed by atoms with Crippen LogP contribution in [0.4, 0.5) is 0 Å². The van der Waals surface area contributed by atoms with E-state index in [-0.39, 0.29) is 17.9 Å². The van der Waals surface area contributed by atoms with E-state index in [0.29, 0.717) is 12.3 Å². The second kappa shape index (κ2) is 10.6. The van der Waals surface area contributed by atoms with E-state index in [1.165, 1.54) is 12.8 Å². The summed E-state index contributed by atoms with van der Waals surface area (Å²) in [5, 5.41) is 6.63. The molecule has 4 aliphatic rings. The van der Waals surface area contributed by atoms with E-state index >= 15 is 0 Å². The molecule has 1 atom stereocenters. The lowest BCUT2D eigenvalue weighted by Crippen LogP contribution is -2.56. The number of carbonyl (C=O) groups excluding carboxylic acids is 2. The molecular formula is C22H37N3O3. The second-order valence-corrected chi connectivity index (χ2v) is 8.38. The van der Waals surface area contributed by atoms with Gasteiger partial charge in [0.05, 0.1) is 5.69 Å². The predicted octanol–water partition coefficient (Wildman–Crippen LogP) is 3.80. The SMILES string of the molecule is CC.CC(C)CC(=O)N1CCCC1C(=O)NCC1C2CC1C2.Cc1ccon1. The molecule has 1 N–H and O–H groups in total. The molecule has 0 aromatic carbocycles. The molecule has 1 aromatic rings. The van der Waals surface area contributed by atoms with Gasteiger partial charge in [-0.1, -0.05) is 32.9 Å². The molecule has 2 heterocycles. The Balaban J connectivity index is 0.000000296. The van der Waals surface area contributed by atoms with Crippen molar-refractivity contribution in [2.45, 2.75) is 72.8 Å². The van der Waals surface area contributed by atoms with Crippen molar-refractivity contribution in [3.63, 3.8) is 0 Å². The first kappa shape index (κ1) is 22.4. The summed E-state index contributed by atoms with van der Waals surface area (Å²) in [5.41, 5.74) is 0.926. The van der Waals surface area contributed by atoms with Gasteiger partial charge >= 0.3 is 0 Å². The monoisotopic (exact) mass is 391 g/mol. The predicted molar refractivity (Wildman–Crippen MR) is 109 cm³/mol. The maximum atomic E-state index is 12.3. The van der Waals surface area contributed by atoms with Crippen molar-refractivity contribution >= 4 is 11.8 Å². The third-order valence-electron chi connectivity index (χ3n) is 5.96. The molecule has 1 unspecified atom stereocenters. The smallest absolute Gasteiger partial charge is 0.242 e. The van der Waals surface area contributed by atoms with Crippen LogP contribution in [0.5, 0.6) is 0 Å². The number of hydrogen-bond acceptors (Lipinski definition) is 4. The molecule has 0 radical (unpaired) electrons. The Kier molecular flexibility index (Phi) is 8.52. The lowest BCUT2D eigenvalue weighted by molar-refractivity contribution is -0.140. The van der Waals surface area contributed by atoms with Crippen molar-refractivity contribution in [3.05, 3.63) is 18.0 Å². The molecule has 158 valence electrons. The molecule has 3 saturated carbocycles. The Morgan fingerprint density at radius 3 is 2.39 bits per heavy atom. The van der Waals surface area contributed by atoms with Gasteiger partial charge in [-0.15, -0.1) is 0 Å². The van der Waals surface area contributed by atoms with Gasteiger partial charge in [0, 0.05) is 25.6 Å². The highest BCUT2D eigenvalue weighted by molar-refractivity contribution is 5.88. The quantitative estimate of drug-likeness (QED) is 0.828. The van der Waals surface area contributed by atoms with Gasteiger partial charge < -0.3 is 14.7 Å². The molecule has 2 bridgehead atoms. The van der Waals surface area contributed by atoms with Crippen LogP contribution in [0.25, 0.3) is 0 Å². The average molecular weight is 392 g/mol. The summed E-state index contributed by atoms with van der Waals surface area (Å²) in [6.07, 6.45) is 6.64. The highest BCUT2D eigenvalue weighted by Crippen LogP contribution is 2.58. The Hall–Kier alpha value is -1.85. The van der Waals surface area contributed by atoms with E-state index in [4.69, 9.17) is 0 Å². The van der Waals surface area contributed by atoms with Gasteiger partial charge in [-0.25, -0.2) is 0 Å². The van der Waals surface area contributed by atoms with Crippen molar-refractivity contribution in [1.29, 1.82) is 0 Å². The fourth-order valence-electron chi connectivity index (χ4n) is 4.15. The van der Waals surface area contributed by atoms with Crippen LogP contribution in [0.2, 0.25) is 0 Å². The molecule has 6 heteroatoms. The summed E-state index contributed by atoms with van der Waals surface area (Å²) < 4.78 is 4.46. The zero-order valence-electron chi connectivity index (χ0n) is 18.1. The molecular weight excluding hydrogens is 354 g/mol. The molecule has 5 rings (SSSR count). The summed E-state index contributed by atoms with van der Waals surface area (Å²) in [7, 11) is 0. The van der Waals surface area contributed by atoms with Crippen LogP contribution in [0.1, 0.15) is 65.5 Å². The van der Waals surface area contributed by atoms with E-state index in [0.717, 1.165) is 49.4 Å². The second-order valence-electron chi connectivity index (χ2n) is 8.38.